The number of carboxylic acid groups (broad SMARTS) is 2. The Labute approximate surface area is 155 Å². The van der Waals surface area contributed by atoms with E-state index in [-0.39, 0.29) is 18.9 Å². The average molecular weight is 372 g/mol. The van der Waals surface area contributed by atoms with Crippen molar-refractivity contribution < 1.29 is 29.3 Å². The Kier molecular flexibility index (Phi) is 7.04. The van der Waals surface area contributed by atoms with Gasteiger partial charge in [0.2, 0.25) is 5.91 Å². The SMILES string of the molecule is N[C@H](C(=O)O)[C@H](OCc1cccc(NC(=O)Cc2ccccc2)c1)C(=O)O. The fraction of sp³-hybridized carbons (Fsp3) is 0.211. The lowest BCUT2D eigenvalue weighted by Crippen LogP contribution is -2.47. The van der Waals surface area contributed by atoms with E-state index in [1.807, 2.05) is 30.3 Å². The maximum atomic E-state index is 12.1. The number of carbonyl (C=O) groups is 3. The minimum atomic E-state index is -1.68. The van der Waals surface area contributed by atoms with Gasteiger partial charge in [-0.25, -0.2) is 4.79 Å². The molecule has 0 spiro atoms. The van der Waals surface area contributed by atoms with Crippen molar-refractivity contribution in [3.63, 3.8) is 0 Å². The van der Waals surface area contributed by atoms with Crippen LogP contribution < -0.4 is 11.1 Å². The van der Waals surface area contributed by atoms with E-state index >= 15 is 0 Å². The molecule has 0 bridgehead atoms. The van der Waals surface area contributed by atoms with Crippen LogP contribution in [0.1, 0.15) is 11.1 Å². The molecule has 0 aliphatic carbocycles. The van der Waals surface area contributed by atoms with Crippen molar-refractivity contribution in [2.45, 2.75) is 25.2 Å². The second kappa shape index (κ2) is 9.46. The highest BCUT2D eigenvalue weighted by Crippen LogP contribution is 2.14. The molecule has 1 amide bonds. The van der Waals surface area contributed by atoms with Crippen LogP contribution in [0.3, 0.4) is 0 Å². The number of nitrogens with two attached hydrogens (primary N) is 1. The number of amides is 1. The second-order valence-electron chi connectivity index (χ2n) is 5.84. The van der Waals surface area contributed by atoms with Gasteiger partial charge in [0.25, 0.3) is 0 Å². The summed E-state index contributed by atoms with van der Waals surface area (Å²) < 4.78 is 5.15. The summed E-state index contributed by atoms with van der Waals surface area (Å²) in [5.41, 5.74) is 7.29. The molecule has 2 aromatic carbocycles. The van der Waals surface area contributed by atoms with Gasteiger partial charge in [-0.05, 0) is 23.3 Å². The summed E-state index contributed by atoms with van der Waals surface area (Å²) in [7, 11) is 0. The number of rotatable bonds is 9. The predicted molar refractivity (Wildman–Crippen MR) is 97.0 cm³/mol. The summed E-state index contributed by atoms with van der Waals surface area (Å²) in [5, 5.41) is 20.7. The molecule has 0 saturated carbocycles. The van der Waals surface area contributed by atoms with Crippen molar-refractivity contribution in [2.75, 3.05) is 5.32 Å². The Hall–Kier alpha value is -3.23. The van der Waals surface area contributed by atoms with Gasteiger partial charge in [-0.15, -0.1) is 0 Å². The van der Waals surface area contributed by atoms with E-state index < -0.39 is 24.1 Å². The standard InChI is InChI=1S/C19H20N2O6/c20-16(18(23)24)17(19(25)26)27-11-13-7-4-8-14(9-13)21-15(22)10-12-5-2-1-3-6-12/h1-9,16-17H,10-11,20H2,(H,21,22)(H,23,24)(H,25,26)/t16-,17-/m0/s1. The molecule has 2 atom stereocenters. The maximum Gasteiger partial charge on any atom is 0.335 e. The van der Waals surface area contributed by atoms with Crippen LogP contribution in [-0.4, -0.2) is 40.2 Å². The first kappa shape index (κ1) is 20.1. The molecule has 0 saturated heterocycles. The van der Waals surface area contributed by atoms with Gasteiger partial charge in [0, 0.05) is 5.69 Å². The van der Waals surface area contributed by atoms with Gasteiger partial charge in [-0.1, -0.05) is 42.5 Å². The zero-order valence-corrected chi connectivity index (χ0v) is 14.4. The largest absolute Gasteiger partial charge is 0.480 e. The molecule has 2 rings (SSSR count). The van der Waals surface area contributed by atoms with Crippen molar-refractivity contribution in [3.8, 4) is 0 Å². The Balaban J connectivity index is 1.97. The van der Waals surface area contributed by atoms with Crippen LogP contribution in [0.2, 0.25) is 0 Å². The molecule has 0 radical (unpaired) electrons. The maximum absolute atomic E-state index is 12.1. The van der Waals surface area contributed by atoms with Gasteiger partial charge in [-0.2, -0.15) is 0 Å². The molecule has 8 nitrogen and oxygen atoms in total. The van der Waals surface area contributed by atoms with Crippen LogP contribution in [0.5, 0.6) is 0 Å². The van der Waals surface area contributed by atoms with Crippen LogP contribution in [0, 0.1) is 0 Å². The Morgan fingerprint density at radius 2 is 1.63 bits per heavy atom. The van der Waals surface area contributed by atoms with E-state index in [0.29, 0.717) is 11.3 Å². The lowest BCUT2D eigenvalue weighted by atomic mass is 10.1. The number of benzene rings is 2. The van der Waals surface area contributed by atoms with Gasteiger partial charge in [0.1, 0.15) is 6.04 Å². The fourth-order valence-electron chi connectivity index (χ4n) is 2.37. The van der Waals surface area contributed by atoms with E-state index in [0.717, 1.165) is 5.56 Å². The van der Waals surface area contributed by atoms with E-state index in [4.69, 9.17) is 20.7 Å². The number of carboxylic acids is 2. The molecule has 142 valence electrons. The first-order valence-electron chi connectivity index (χ1n) is 8.12. The molecule has 2 aromatic rings. The highest BCUT2D eigenvalue weighted by atomic mass is 16.5. The highest BCUT2D eigenvalue weighted by Gasteiger charge is 2.31. The molecular formula is C19H20N2O6. The third kappa shape index (κ3) is 6.21. The molecule has 8 heteroatoms. The predicted octanol–water partition coefficient (Wildman–Crippen LogP) is 1.25. The smallest absolute Gasteiger partial charge is 0.335 e. The minimum absolute atomic E-state index is 0.166. The zero-order chi connectivity index (χ0) is 19.8. The Bertz CT molecular complexity index is 809. The van der Waals surface area contributed by atoms with E-state index in [2.05, 4.69) is 5.32 Å². The van der Waals surface area contributed by atoms with Gasteiger partial charge in [0.15, 0.2) is 6.10 Å². The second-order valence-corrected chi connectivity index (χ2v) is 5.84. The monoisotopic (exact) mass is 372 g/mol. The van der Waals surface area contributed by atoms with Crippen molar-refractivity contribution >= 4 is 23.5 Å². The summed E-state index contributed by atoms with van der Waals surface area (Å²) in [4.78, 5) is 34.1. The third-order valence-electron chi connectivity index (χ3n) is 3.70. The summed E-state index contributed by atoms with van der Waals surface area (Å²) in [6, 6.07) is 14.2. The summed E-state index contributed by atoms with van der Waals surface area (Å²) in [5.74, 6) is -3.13. The molecule has 0 fully saturated rings. The number of hydrogen-bond donors (Lipinski definition) is 4. The minimum Gasteiger partial charge on any atom is -0.480 e. The number of hydrogen-bond acceptors (Lipinski definition) is 5. The molecule has 0 aliphatic heterocycles. The van der Waals surface area contributed by atoms with Crippen molar-refractivity contribution in [3.05, 3.63) is 65.7 Å². The van der Waals surface area contributed by atoms with Crippen LogP contribution in [0.25, 0.3) is 0 Å². The van der Waals surface area contributed by atoms with Crippen molar-refractivity contribution in [1.82, 2.24) is 0 Å². The summed E-state index contributed by atoms with van der Waals surface area (Å²) in [6.07, 6.45) is -1.46. The van der Waals surface area contributed by atoms with E-state index in [1.165, 1.54) is 0 Å². The third-order valence-corrected chi connectivity index (χ3v) is 3.70. The van der Waals surface area contributed by atoms with Crippen molar-refractivity contribution in [1.29, 1.82) is 0 Å². The molecular weight excluding hydrogens is 352 g/mol. The molecule has 0 heterocycles. The Morgan fingerprint density at radius 3 is 2.26 bits per heavy atom. The van der Waals surface area contributed by atoms with Gasteiger partial charge >= 0.3 is 11.9 Å². The molecule has 0 aliphatic rings. The molecule has 5 N–H and O–H groups in total. The van der Waals surface area contributed by atoms with Crippen LogP contribution >= 0.6 is 0 Å². The topological polar surface area (TPSA) is 139 Å². The summed E-state index contributed by atoms with van der Waals surface area (Å²) >= 11 is 0. The molecule has 27 heavy (non-hydrogen) atoms. The highest BCUT2D eigenvalue weighted by molar-refractivity contribution is 5.92. The van der Waals surface area contributed by atoms with E-state index in [9.17, 15) is 14.4 Å². The van der Waals surface area contributed by atoms with Gasteiger partial charge in [-0.3, -0.25) is 9.59 Å². The molecule has 0 unspecified atom stereocenters. The van der Waals surface area contributed by atoms with Crippen LogP contribution in [-0.2, 0) is 32.1 Å². The van der Waals surface area contributed by atoms with Crippen LogP contribution in [0.15, 0.2) is 54.6 Å². The number of aliphatic carboxylic acids is 2. The molecule has 0 aromatic heterocycles. The lowest BCUT2D eigenvalue weighted by Gasteiger charge is -2.17. The number of nitrogens with one attached hydrogen (secondary N) is 1. The quantitative estimate of drug-likeness (QED) is 0.519. The first-order valence-corrected chi connectivity index (χ1v) is 8.12. The first-order chi connectivity index (χ1) is 12.9. The fourth-order valence-corrected chi connectivity index (χ4v) is 2.37. The Morgan fingerprint density at radius 1 is 0.963 bits per heavy atom. The zero-order valence-electron chi connectivity index (χ0n) is 14.4. The van der Waals surface area contributed by atoms with Gasteiger partial charge in [0.05, 0.1) is 13.0 Å². The van der Waals surface area contributed by atoms with E-state index in [1.54, 1.807) is 24.3 Å². The van der Waals surface area contributed by atoms with Crippen molar-refractivity contribution in [2.24, 2.45) is 5.73 Å². The average Bonchev–Trinajstić information content (AvgIpc) is 2.62. The number of anilines is 1. The summed E-state index contributed by atoms with van der Waals surface area (Å²) in [6.45, 7) is -0.166. The van der Waals surface area contributed by atoms with Crippen LogP contribution in [0.4, 0.5) is 5.69 Å². The lowest BCUT2D eigenvalue weighted by molar-refractivity contribution is -0.159. The number of carbonyl (C=O) groups excluding carboxylic acids is 1. The van der Waals surface area contributed by atoms with Gasteiger partial charge < -0.3 is 26.0 Å². The number of ether oxygens (including phenoxy) is 1. The normalized spacial score (nSPS) is 12.8.